The highest BCUT2D eigenvalue weighted by Gasteiger charge is 2.01. The van der Waals surface area contributed by atoms with E-state index in [1.165, 1.54) is 7.11 Å². The molecule has 0 aliphatic carbocycles. The molecule has 0 atom stereocenters. The van der Waals surface area contributed by atoms with Gasteiger partial charge in [-0.15, -0.1) is 0 Å². The van der Waals surface area contributed by atoms with Crippen LogP contribution in [0.5, 0.6) is 0 Å². The maximum absolute atomic E-state index is 10.8. The fourth-order valence-electron chi connectivity index (χ4n) is 0.966. The third-order valence-electron chi connectivity index (χ3n) is 1.73. The summed E-state index contributed by atoms with van der Waals surface area (Å²) in [5.41, 5.74) is 0.817. The third-order valence-corrected chi connectivity index (χ3v) is 1.73. The Kier molecular flexibility index (Phi) is 3.84. The summed E-state index contributed by atoms with van der Waals surface area (Å²) in [6.07, 6.45) is 3.56. The Morgan fingerprint density at radius 1 is 1.50 bits per heavy atom. The number of methoxy groups -OCH3 is 1. The Morgan fingerprint density at radius 2 is 2.21 bits per heavy atom. The standard InChI is InChI=1S/C9H13N3O2/c1-7-9(12-6-5-10-7)11-4-3-8(13)14-2/h5-6H,3-4H2,1-2H3,(H,11,12). The number of aryl methyl sites for hydroxylation is 1. The fraction of sp³-hybridized carbons (Fsp3) is 0.444. The lowest BCUT2D eigenvalue weighted by molar-refractivity contribution is -0.140. The number of nitrogens with one attached hydrogen (secondary N) is 1. The van der Waals surface area contributed by atoms with Crippen molar-refractivity contribution in [3.63, 3.8) is 0 Å². The zero-order chi connectivity index (χ0) is 10.4. The Morgan fingerprint density at radius 3 is 2.86 bits per heavy atom. The van der Waals surface area contributed by atoms with E-state index >= 15 is 0 Å². The van der Waals surface area contributed by atoms with Gasteiger partial charge in [0, 0.05) is 18.9 Å². The van der Waals surface area contributed by atoms with Gasteiger partial charge in [-0.3, -0.25) is 9.78 Å². The maximum atomic E-state index is 10.8. The van der Waals surface area contributed by atoms with Gasteiger partial charge in [0.25, 0.3) is 0 Å². The molecule has 0 bridgehead atoms. The van der Waals surface area contributed by atoms with Gasteiger partial charge in [-0.25, -0.2) is 4.98 Å². The molecule has 1 heterocycles. The van der Waals surface area contributed by atoms with Crippen LogP contribution >= 0.6 is 0 Å². The minimum Gasteiger partial charge on any atom is -0.469 e. The monoisotopic (exact) mass is 195 g/mol. The normalized spacial score (nSPS) is 9.57. The van der Waals surface area contributed by atoms with Crippen molar-refractivity contribution in [2.75, 3.05) is 19.0 Å². The second-order valence-electron chi connectivity index (χ2n) is 2.74. The van der Waals surface area contributed by atoms with Crippen LogP contribution in [0.2, 0.25) is 0 Å². The Balaban J connectivity index is 2.39. The Labute approximate surface area is 82.5 Å². The molecule has 0 radical (unpaired) electrons. The highest BCUT2D eigenvalue weighted by molar-refractivity contribution is 5.69. The zero-order valence-electron chi connectivity index (χ0n) is 8.28. The number of carbonyl (C=O) groups is 1. The molecular formula is C9H13N3O2. The average Bonchev–Trinajstić information content (AvgIpc) is 2.20. The molecule has 0 unspecified atom stereocenters. The summed E-state index contributed by atoms with van der Waals surface area (Å²) in [5, 5.41) is 3.00. The summed E-state index contributed by atoms with van der Waals surface area (Å²) in [6.45, 7) is 2.36. The van der Waals surface area contributed by atoms with Gasteiger partial charge < -0.3 is 10.1 Å². The molecule has 1 aromatic rings. The lowest BCUT2D eigenvalue weighted by Gasteiger charge is -2.05. The summed E-state index contributed by atoms with van der Waals surface area (Å²) >= 11 is 0. The van der Waals surface area contributed by atoms with Crippen LogP contribution < -0.4 is 5.32 Å². The summed E-state index contributed by atoms with van der Waals surface area (Å²) in [7, 11) is 1.37. The van der Waals surface area contributed by atoms with Crippen molar-refractivity contribution in [1.29, 1.82) is 0 Å². The first-order valence-electron chi connectivity index (χ1n) is 4.32. The molecule has 5 heteroatoms. The van der Waals surface area contributed by atoms with Crippen molar-refractivity contribution >= 4 is 11.8 Å². The summed E-state index contributed by atoms with van der Waals surface area (Å²) in [6, 6.07) is 0. The molecule has 0 saturated heterocycles. The molecule has 0 spiro atoms. The van der Waals surface area contributed by atoms with Gasteiger partial charge in [0.15, 0.2) is 0 Å². The Bertz CT molecular complexity index is 315. The van der Waals surface area contributed by atoms with Crippen LogP contribution in [0.25, 0.3) is 0 Å². The van der Waals surface area contributed by atoms with E-state index in [2.05, 4.69) is 20.0 Å². The molecule has 0 saturated carbocycles. The predicted molar refractivity (Wildman–Crippen MR) is 51.9 cm³/mol. The first kappa shape index (κ1) is 10.4. The van der Waals surface area contributed by atoms with Crippen LogP contribution in [0.4, 0.5) is 5.82 Å². The summed E-state index contributed by atoms with van der Waals surface area (Å²) in [4.78, 5) is 18.9. The van der Waals surface area contributed by atoms with Crippen LogP contribution in [0, 0.1) is 6.92 Å². The number of hydrogen-bond acceptors (Lipinski definition) is 5. The van der Waals surface area contributed by atoms with Crippen LogP contribution in [0.3, 0.4) is 0 Å². The van der Waals surface area contributed by atoms with Crippen molar-refractivity contribution < 1.29 is 9.53 Å². The van der Waals surface area contributed by atoms with Crippen molar-refractivity contribution in [1.82, 2.24) is 9.97 Å². The van der Waals surface area contributed by atoms with Crippen molar-refractivity contribution in [2.24, 2.45) is 0 Å². The van der Waals surface area contributed by atoms with Crippen LogP contribution in [-0.2, 0) is 9.53 Å². The van der Waals surface area contributed by atoms with E-state index in [1.54, 1.807) is 12.4 Å². The molecule has 14 heavy (non-hydrogen) atoms. The van der Waals surface area contributed by atoms with Gasteiger partial charge in [0.05, 0.1) is 19.2 Å². The van der Waals surface area contributed by atoms with E-state index < -0.39 is 0 Å². The number of rotatable bonds is 4. The number of esters is 1. The molecule has 0 aliphatic rings. The quantitative estimate of drug-likeness (QED) is 0.718. The van der Waals surface area contributed by atoms with E-state index in [0.717, 1.165) is 5.69 Å². The number of aromatic nitrogens is 2. The van der Waals surface area contributed by atoms with Crippen LogP contribution in [-0.4, -0.2) is 29.6 Å². The van der Waals surface area contributed by atoms with Crippen LogP contribution in [0.15, 0.2) is 12.4 Å². The minimum absolute atomic E-state index is 0.237. The number of nitrogens with zero attached hydrogens (tertiary/aromatic N) is 2. The SMILES string of the molecule is COC(=O)CCNc1nccnc1C. The highest BCUT2D eigenvalue weighted by Crippen LogP contribution is 2.05. The van der Waals surface area contributed by atoms with E-state index in [9.17, 15) is 4.79 Å². The second-order valence-corrected chi connectivity index (χ2v) is 2.74. The van der Waals surface area contributed by atoms with Gasteiger partial charge in [0.1, 0.15) is 5.82 Å². The number of ether oxygens (including phenoxy) is 1. The lowest BCUT2D eigenvalue weighted by atomic mass is 10.4. The maximum Gasteiger partial charge on any atom is 0.307 e. The fourth-order valence-corrected chi connectivity index (χ4v) is 0.966. The van der Waals surface area contributed by atoms with Crippen molar-refractivity contribution in [2.45, 2.75) is 13.3 Å². The molecule has 1 N–H and O–H groups in total. The molecule has 76 valence electrons. The second kappa shape index (κ2) is 5.16. The lowest BCUT2D eigenvalue weighted by Crippen LogP contribution is -2.11. The minimum atomic E-state index is -0.237. The highest BCUT2D eigenvalue weighted by atomic mass is 16.5. The van der Waals surface area contributed by atoms with Crippen molar-refractivity contribution in [3.05, 3.63) is 18.1 Å². The molecular weight excluding hydrogens is 182 g/mol. The van der Waals surface area contributed by atoms with E-state index in [-0.39, 0.29) is 5.97 Å². The molecule has 1 rings (SSSR count). The van der Waals surface area contributed by atoms with Crippen LogP contribution in [0.1, 0.15) is 12.1 Å². The van der Waals surface area contributed by atoms with Gasteiger partial charge >= 0.3 is 5.97 Å². The molecule has 0 amide bonds. The molecule has 5 nitrogen and oxygen atoms in total. The van der Waals surface area contributed by atoms with Gasteiger partial charge in [-0.1, -0.05) is 0 Å². The average molecular weight is 195 g/mol. The first-order valence-corrected chi connectivity index (χ1v) is 4.32. The largest absolute Gasteiger partial charge is 0.469 e. The first-order chi connectivity index (χ1) is 6.74. The predicted octanol–water partition coefficient (Wildman–Crippen LogP) is 0.760. The van der Waals surface area contributed by atoms with Gasteiger partial charge in [0.2, 0.25) is 0 Å². The Hall–Kier alpha value is -1.65. The molecule has 0 aromatic carbocycles. The van der Waals surface area contributed by atoms with Gasteiger partial charge in [-0.05, 0) is 6.92 Å². The number of hydrogen-bond donors (Lipinski definition) is 1. The van der Waals surface area contributed by atoms with Gasteiger partial charge in [-0.2, -0.15) is 0 Å². The molecule has 0 fully saturated rings. The summed E-state index contributed by atoms with van der Waals surface area (Å²) in [5.74, 6) is 0.468. The summed E-state index contributed by atoms with van der Waals surface area (Å²) < 4.78 is 4.50. The molecule has 0 aliphatic heterocycles. The van der Waals surface area contributed by atoms with E-state index in [1.807, 2.05) is 6.92 Å². The number of carbonyl (C=O) groups excluding carboxylic acids is 1. The third kappa shape index (κ3) is 3.01. The molecule has 1 aromatic heterocycles. The topological polar surface area (TPSA) is 64.1 Å². The smallest absolute Gasteiger partial charge is 0.307 e. The van der Waals surface area contributed by atoms with E-state index in [4.69, 9.17) is 0 Å². The van der Waals surface area contributed by atoms with E-state index in [0.29, 0.717) is 18.8 Å². The number of anilines is 1. The van der Waals surface area contributed by atoms with Crippen molar-refractivity contribution in [3.8, 4) is 0 Å². The zero-order valence-corrected chi connectivity index (χ0v) is 8.28.